The van der Waals surface area contributed by atoms with Crippen molar-refractivity contribution in [2.75, 3.05) is 6.67 Å². The molecule has 70 valence electrons. The van der Waals surface area contributed by atoms with Gasteiger partial charge in [0.15, 0.2) is 5.82 Å². The molecule has 0 bridgehead atoms. The third-order valence-corrected chi connectivity index (χ3v) is 2.22. The summed E-state index contributed by atoms with van der Waals surface area (Å²) in [6.07, 6.45) is 1.39. The average Bonchev–Trinajstić information content (AvgIpc) is 2.75. The summed E-state index contributed by atoms with van der Waals surface area (Å²) in [6, 6.07) is 0. The molecule has 0 unspecified atom stereocenters. The van der Waals surface area contributed by atoms with Crippen molar-refractivity contribution in [3.63, 3.8) is 0 Å². The summed E-state index contributed by atoms with van der Waals surface area (Å²) < 4.78 is 17.0. The molecule has 1 heterocycles. The molecule has 1 aliphatic carbocycles. The van der Waals surface area contributed by atoms with Crippen molar-refractivity contribution in [2.45, 2.75) is 18.3 Å². The fourth-order valence-electron chi connectivity index (χ4n) is 1.11. The lowest BCUT2D eigenvalue weighted by Crippen LogP contribution is -2.14. The van der Waals surface area contributed by atoms with Crippen LogP contribution >= 0.6 is 0 Å². The molecule has 0 spiro atoms. The first-order chi connectivity index (χ1) is 6.18. The molecule has 13 heavy (non-hydrogen) atoms. The van der Waals surface area contributed by atoms with Crippen LogP contribution in [-0.4, -0.2) is 22.7 Å². The first-order valence-electron chi connectivity index (χ1n) is 3.88. The first kappa shape index (κ1) is 8.15. The highest BCUT2D eigenvalue weighted by Gasteiger charge is 2.49. The molecule has 0 aliphatic heterocycles. The summed E-state index contributed by atoms with van der Waals surface area (Å²) in [6.45, 7) is -0.523. The molecule has 1 fully saturated rings. The summed E-state index contributed by atoms with van der Waals surface area (Å²) in [5, 5.41) is 3.52. The van der Waals surface area contributed by atoms with Crippen LogP contribution in [0.15, 0.2) is 4.52 Å². The number of rotatable bonds is 3. The van der Waals surface area contributed by atoms with Crippen molar-refractivity contribution < 1.29 is 13.7 Å². The minimum atomic E-state index is -0.784. The lowest BCUT2D eigenvalue weighted by Gasteiger charge is -2.00. The van der Waals surface area contributed by atoms with Gasteiger partial charge in [-0.3, -0.25) is 4.79 Å². The Morgan fingerprint density at radius 3 is 2.77 bits per heavy atom. The van der Waals surface area contributed by atoms with Crippen LogP contribution in [0.3, 0.4) is 0 Å². The fraction of sp³-hybridized carbons (Fsp3) is 0.571. The van der Waals surface area contributed by atoms with Gasteiger partial charge in [-0.05, 0) is 12.8 Å². The number of nitrogens with two attached hydrogens (primary N) is 1. The number of hydrogen-bond donors (Lipinski definition) is 1. The van der Waals surface area contributed by atoms with Crippen molar-refractivity contribution in [1.82, 2.24) is 10.1 Å². The van der Waals surface area contributed by atoms with E-state index in [0.717, 1.165) is 0 Å². The Labute approximate surface area is 73.1 Å². The van der Waals surface area contributed by atoms with Crippen LogP contribution in [0.2, 0.25) is 0 Å². The van der Waals surface area contributed by atoms with E-state index >= 15 is 0 Å². The van der Waals surface area contributed by atoms with Gasteiger partial charge in [0.2, 0.25) is 0 Å². The minimum Gasteiger partial charge on any atom is -0.361 e. The second-order valence-electron chi connectivity index (χ2n) is 3.20. The highest BCUT2D eigenvalue weighted by Crippen LogP contribution is 2.46. The normalized spacial score (nSPS) is 18.5. The summed E-state index contributed by atoms with van der Waals surface area (Å²) in [7, 11) is 0. The van der Waals surface area contributed by atoms with Gasteiger partial charge < -0.3 is 10.3 Å². The van der Waals surface area contributed by atoms with Gasteiger partial charge in [0, 0.05) is 0 Å². The summed E-state index contributed by atoms with van der Waals surface area (Å²) in [5.41, 5.74) is 4.30. The maximum atomic E-state index is 12.5. The zero-order valence-corrected chi connectivity index (χ0v) is 6.79. The Morgan fingerprint density at radius 1 is 1.69 bits per heavy atom. The van der Waals surface area contributed by atoms with E-state index in [1.54, 1.807) is 0 Å². The Bertz CT molecular complexity index is 345. The summed E-state index contributed by atoms with van der Waals surface area (Å²) in [4.78, 5) is 14.3. The number of carbonyl (C=O) groups excluding carboxylic acids is 1. The van der Waals surface area contributed by atoms with Gasteiger partial charge in [0.1, 0.15) is 6.67 Å². The molecule has 2 N–H and O–H groups in total. The third-order valence-electron chi connectivity index (χ3n) is 2.22. The molecule has 5 nitrogen and oxygen atoms in total. The molecule has 6 heteroatoms. The molecular formula is C7H8FN3O2. The number of aromatic nitrogens is 2. The fourth-order valence-corrected chi connectivity index (χ4v) is 1.11. The molecule has 1 aromatic rings. The SMILES string of the molecule is NC(=O)c1nc(C2(CF)CC2)no1. The monoisotopic (exact) mass is 185 g/mol. The zero-order chi connectivity index (χ0) is 9.47. The number of primary amides is 1. The molecule has 1 saturated carbocycles. The Kier molecular flexibility index (Phi) is 1.58. The van der Waals surface area contributed by atoms with Gasteiger partial charge in [-0.25, -0.2) is 4.39 Å². The van der Waals surface area contributed by atoms with E-state index in [-0.39, 0.29) is 11.7 Å². The number of carbonyl (C=O) groups is 1. The highest BCUT2D eigenvalue weighted by atomic mass is 19.1. The molecule has 0 saturated heterocycles. The average molecular weight is 185 g/mol. The Balaban J connectivity index is 2.28. The third kappa shape index (κ3) is 1.18. The van der Waals surface area contributed by atoms with Gasteiger partial charge >= 0.3 is 11.8 Å². The van der Waals surface area contributed by atoms with Crippen molar-refractivity contribution >= 4 is 5.91 Å². The first-order valence-corrected chi connectivity index (χ1v) is 3.88. The Morgan fingerprint density at radius 2 is 2.38 bits per heavy atom. The number of nitrogens with zero attached hydrogens (tertiary/aromatic N) is 2. The van der Waals surface area contributed by atoms with E-state index in [1.165, 1.54) is 0 Å². The van der Waals surface area contributed by atoms with Crippen LogP contribution in [0.1, 0.15) is 29.4 Å². The molecule has 0 aromatic carbocycles. The van der Waals surface area contributed by atoms with Crippen molar-refractivity contribution in [3.05, 3.63) is 11.7 Å². The highest BCUT2D eigenvalue weighted by molar-refractivity contribution is 5.87. The molecule has 1 aromatic heterocycles. The van der Waals surface area contributed by atoms with E-state index in [1.807, 2.05) is 0 Å². The van der Waals surface area contributed by atoms with Gasteiger partial charge in [0.05, 0.1) is 5.41 Å². The number of alkyl halides is 1. The smallest absolute Gasteiger partial charge is 0.315 e. The summed E-state index contributed by atoms with van der Waals surface area (Å²) in [5.74, 6) is -0.785. The maximum absolute atomic E-state index is 12.5. The zero-order valence-electron chi connectivity index (χ0n) is 6.79. The van der Waals surface area contributed by atoms with Crippen LogP contribution in [-0.2, 0) is 5.41 Å². The van der Waals surface area contributed by atoms with Crippen molar-refractivity contribution in [2.24, 2.45) is 5.73 Å². The molecule has 0 atom stereocenters. The quantitative estimate of drug-likeness (QED) is 0.727. The van der Waals surface area contributed by atoms with E-state index in [0.29, 0.717) is 12.8 Å². The van der Waals surface area contributed by atoms with Crippen molar-refractivity contribution in [1.29, 1.82) is 0 Å². The van der Waals surface area contributed by atoms with Crippen LogP contribution in [0.4, 0.5) is 4.39 Å². The second kappa shape index (κ2) is 2.51. The van der Waals surface area contributed by atoms with E-state index in [9.17, 15) is 9.18 Å². The van der Waals surface area contributed by atoms with Crippen LogP contribution in [0.25, 0.3) is 0 Å². The second-order valence-corrected chi connectivity index (χ2v) is 3.20. The predicted molar refractivity (Wildman–Crippen MR) is 39.7 cm³/mol. The van der Waals surface area contributed by atoms with Gasteiger partial charge in [-0.1, -0.05) is 5.16 Å². The van der Waals surface area contributed by atoms with Gasteiger partial charge in [-0.15, -0.1) is 0 Å². The van der Waals surface area contributed by atoms with E-state index in [4.69, 9.17) is 5.73 Å². The van der Waals surface area contributed by atoms with Crippen LogP contribution in [0, 0.1) is 0 Å². The maximum Gasteiger partial charge on any atom is 0.315 e. The van der Waals surface area contributed by atoms with Crippen LogP contribution < -0.4 is 5.73 Å². The number of halogens is 1. The van der Waals surface area contributed by atoms with E-state index in [2.05, 4.69) is 14.7 Å². The standard InChI is InChI=1S/C7H8FN3O2/c8-3-7(1-2-7)6-10-5(4(9)12)13-11-6/h1-3H2,(H2,9,12). The number of amides is 1. The van der Waals surface area contributed by atoms with Crippen LogP contribution in [0.5, 0.6) is 0 Å². The molecule has 1 aliphatic rings. The minimum absolute atomic E-state index is 0.254. The van der Waals surface area contributed by atoms with Crippen molar-refractivity contribution in [3.8, 4) is 0 Å². The van der Waals surface area contributed by atoms with E-state index < -0.39 is 18.0 Å². The lowest BCUT2D eigenvalue weighted by molar-refractivity contribution is 0.0958. The predicted octanol–water partition coefficient (Wildman–Crippen LogP) is 0.170. The lowest BCUT2D eigenvalue weighted by atomic mass is 10.1. The molecule has 0 radical (unpaired) electrons. The Hall–Kier alpha value is -1.46. The topological polar surface area (TPSA) is 82.0 Å². The van der Waals surface area contributed by atoms with Gasteiger partial charge in [0.25, 0.3) is 0 Å². The molecular weight excluding hydrogens is 177 g/mol. The number of hydrogen-bond acceptors (Lipinski definition) is 4. The van der Waals surface area contributed by atoms with Gasteiger partial charge in [-0.2, -0.15) is 4.98 Å². The molecule has 1 amide bonds. The largest absolute Gasteiger partial charge is 0.361 e. The molecule has 2 rings (SSSR count). The summed E-state index contributed by atoms with van der Waals surface area (Å²) >= 11 is 0.